The van der Waals surface area contributed by atoms with E-state index in [9.17, 15) is 5.11 Å². The van der Waals surface area contributed by atoms with Crippen molar-refractivity contribution in [3.63, 3.8) is 0 Å². The SMILES string of the molecule is CCC(CN)C(O)c1ccc(Cl)cc1. The standard InChI is InChI=1S/C11H16ClNO/c1-2-8(7-13)11(14)9-3-5-10(12)6-4-9/h3-6,8,11,14H,2,7,13H2,1H3. The predicted octanol–water partition coefficient (Wildman–Crippen LogP) is 2.36. The maximum absolute atomic E-state index is 9.95. The molecule has 1 aromatic carbocycles. The van der Waals surface area contributed by atoms with Crippen LogP contribution in [0.2, 0.25) is 5.02 Å². The summed E-state index contributed by atoms with van der Waals surface area (Å²) in [6.07, 6.45) is 0.391. The third-order valence-corrected chi connectivity index (χ3v) is 2.74. The van der Waals surface area contributed by atoms with Crippen LogP contribution in [0.1, 0.15) is 25.0 Å². The van der Waals surface area contributed by atoms with E-state index in [-0.39, 0.29) is 5.92 Å². The molecule has 2 atom stereocenters. The van der Waals surface area contributed by atoms with E-state index in [4.69, 9.17) is 17.3 Å². The fraction of sp³-hybridized carbons (Fsp3) is 0.455. The summed E-state index contributed by atoms with van der Waals surface area (Å²) in [5.74, 6) is 0.121. The largest absolute Gasteiger partial charge is 0.388 e. The molecule has 14 heavy (non-hydrogen) atoms. The van der Waals surface area contributed by atoms with E-state index in [1.54, 1.807) is 12.1 Å². The van der Waals surface area contributed by atoms with Gasteiger partial charge in [-0.1, -0.05) is 30.7 Å². The van der Waals surface area contributed by atoms with E-state index < -0.39 is 6.10 Å². The second-order valence-corrected chi connectivity index (χ2v) is 3.84. The molecule has 0 bridgehead atoms. The summed E-state index contributed by atoms with van der Waals surface area (Å²) in [5.41, 5.74) is 6.45. The van der Waals surface area contributed by atoms with E-state index in [1.165, 1.54) is 0 Å². The molecule has 0 fully saturated rings. The Labute approximate surface area is 89.7 Å². The first kappa shape index (κ1) is 11.5. The molecule has 1 aromatic rings. The van der Waals surface area contributed by atoms with E-state index in [0.717, 1.165) is 12.0 Å². The molecule has 0 aliphatic carbocycles. The van der Waals surface area contributed by atoms with Crippen LogP contribution in [0.5, 0.6) is 0 Å². The summed E-state index contributed by atoms with van der Waals surface area (Å²) in [6, 6.07) is 7.24. The molecule has 0 saturated heterocycles. The molecule has 0 aliphatic rings. The van der Waals surface area contributed by atoms with Gasteiger partial charge in [0.05, 0.1) is 6.10 Å². The fourth-order valence-electron chi connectivity index (χ4n) is 1.45. The Morgan fingerprint density at radius 3 is 2.36 bits per heavy atom. The lowest BCUT2D eigenvalue weighted by molar-refractivity contribution is 0.110. The highest BCUT2D eigenvalue weighted by Gasteiger charge is 2.17. The average molecular weight is 214 g/mol. The van der Waals surface area contributed by atoms with Crippen molar-refractivity contribution < 1.29 is 5.11 Å². The van der Waals surface area contributed by atoms with Gasteiger partial charge >= 0.3 is 0 Å². The number of benzene rings is 1. The van der Waals surface area contributed by atoms with Crippen molar-refractivity contribution in [2.24, 2.45) is 11.7 Å². The van der Waals surface area contributed by atoms with Crippen molar-refractivity contribution >= 4 is 11.6 Å². The van der Waals surface area contributed by atoms with Gasteiger partial charge in [0.25, 0.3) is 0 Å². The van der Waals surface area contributed by atoms with Crippen LogP contribution in [-0.4, -0.2) is 11.7 Å². The Kier molecular flexibility index (Phi) is 4.39. The summed E-state index contributed by atoms with van der Waals surface area (Å²) in [5, 5.41) is 10.6. The molecule has 0 heterocycles. The van der Waals surface area contributed by atoms with Gasteiger partial charge in [-0.25, -0.2) is 0 Å². The third kappa shape index (κ3) is 2.71. The first-order chi connectivity index (χ1) is 6.69. The van der Waals surface area contributed by atoms with E-state index in [0.29, 0.717) is 11.6 Å². The van der Waals surface area contributed by atoms with E-state index in [1.807, 2.05) is 19.1 Å². The highest BCUT2D eigenvalue weighted by molar-refractivity contribution is 6.30. The van der Waals surface area contributed by atoms with Crippen LogP contribution in [0.4, 0.5) is 0 Å². The number of rotatable bonds is 4. The summed E-state index contributed by atoms with van der Waals surface area (Å²) in [7, 11) is 0. The third-order valence-electron chi connectivity index (χ3n) is 2.49. The minimum atomic E-state index is -0.484. The molecule has 78 valence electrons. The number of hydrogen-bond donors (Lipinski definition) is 2. The monoisotopic (exact) mass is 213 g/mol. The van der Waals surface area contributed by atoms with Crippen molar-refractivity contribution in [2.75, 3.05) is 6.54 Å². The van der Waals surface area contributed by atoms with Crippen LogP contribution in [-0.2, 0) is 0 Å². The molecule has 1 rings (SSSR count). The topological polar surface area (TPSA) is 46.2 Å². The van der Waals surface area contributed by atoms with Crippen molar-refractivity contribution in [1.29, 1.82) is 0 Å². The number of hydrogen-bond acceptors (Lipinski definition) is 2. The predicted molar refractivity (Wildman–Crippen MR) is 59.2 cm³/mol. The molecule has 0 radical (unpaired) electrons. The molecule has 0 saturated carbocycles. The van der Waals surface area contributed by atoms with E-state index >= 15 is 0 Å². The van der Waals surface area contributed by atoms with Crippen LogP contribution in [0.15, 0.2) is 24.3 Å². The number of halogens is 1. The van der Waals surface area contributed by atoms with Crippen molar-refractivity contribution in [2.45, 2.75) is 19.4 Å². The highest BCUT2D eigenvalue weighted by atomic mass is 35.5. The lowest BCUT2D eigenvalue weighted by Gasteiger charge is -2.20. The molecule has 3 N–H and O–H groups in total. The van der Waals surface area contributed by atoms with Crippen LogP contribution < -0.4 is 5.73 Å². The van der Waals surface area contributed by atoms with Gasteiger partial charge in [0.15, 0.2) is 0 Å². The van der Waals surface area contributed by atoms with Gasteiger partial charge in [0.2, 0.25) is 0 Å². The smallest absolute Gasteiger partial charge is 0.0830 e. The minimum Gasteiger partial charge on any atom is -0.388 e. The maximum Gasteiger partial charge on any atom is 0.0830 e. The van der Waals surface area contributed by atoms with E-state index in [2.05, 4.69) is 0 Å². The second kappa shape index (κ2) is 5.35. The van der Waals surface area contributed by atoms with Gasteiger partial charge < -0.3 is 10.8 Å². The first-order valence-corrected chi connectivity index (χ1v) is 5.20. The second-order valence-electron chi connectivity index (χ2n) is 3.40. The van der Waals surface area contributed by atoms with Crippen molar-refractivity contribution in [3.05, 3.63) is 34.9 Å². The molecule has 2 nitrogen and oxygen atoms in total. The Balaban J connectivity index is 2.77. The Morgan fingerprint density at radius 2 is 1.93 bits per heavy atom. The Bertz CT molecular complexity index is 269. The maximum atomic E-state index is 9.95. The van der Waals surface area contributed by atoms with Gasteiger partial charge in [-0.2, -0.15) is 0 Å². The molecule has 0 aliphatic heterocycles. The highest BCUT2D eigenvalue weighted by Crippen LogP contribution is 2.24. The van der Waals surface area contributed by atoms with Gasteiger partial charge in [-0.15, -0.1) is 0 Å². The lowest BCUT2D eigenvalue weighted by atomic mass is 9.94. The molecule has 0 spiro atoms. The summed E-state index contributed by atoms with van der Waals surface area (Å²) in [6.45, 7) is 2.52. The fourth-order valence-corrected chi connectivity index (χ4v) is 1.58. The van der Waals surface area contributed by atoms with Crippen molar-refractivity contribution in [1.82, 2.24) is 0 Å². The molecule has 3 heteroatoms. The zero-order chi connectivity index (χ0) is 10.6. The molecule has 0 aromatic heterocycles. The van der Waals surface area contributed by atoms with Crippen LogP contribution in [0.3, 0.4) is 0 Å². The molecule has 2 unspecified atom stereocenters. The summed E-state index contributed by atoms with van der Waals surface area (Å²) >= 11 is 5.76. The Morgan fingerprint density at radius 1 is 1.36 bits per heavy atom. The van der Waals surface area contributed by atoms with Gasteiger partial charge in [0, 0.05) is 10.9 Å². The van der Waals surface area contributed by atoms with Gasteiger partial charge in [-0.05, 0) is 30.7 Å². The molecule has 0 amide bonds. The quantitative estimate of drug-likeness (QED) is 0.807. The summed E-state index contributed by atoms with van der Waals surface area (Å²) < 4.78 is 0. The van der Waals surface area contributed by atoms with Gasteiger partial charge in [-0.3, -0.25) is 0 Å². The average Bonchev–Trinajstić information content (AvgIpc) is 2.20. The van der Waals surface area contributed by atoms with Gasteiger partial charge in [0.1, 0.15) is 0 Å². The lowest BCUT2D eigenvalue weighted by Crippen LogP contribution is -2.21. The molecular weight excluding hydrogens is 198 g/mol. The number of aliphatic hydroxyl groups excluding tert-OH is 1. The van der Waals surface area contributed by atoms with Crippen LogP contribution >= 0.6 is 11.6 Å². The first-order valence-electron chi connectivity index (χ1n) is 4.82. The minimum absolute atomic E-state index is 0.121. The number of nitrogens with two attached hydrogens (primary N) is 1. The van der Waals surface area contributed by atoms with Crippen LogP contribution in [0.25, 0.3) is 0 Å². The van der Waals surface area contributed by atoms with Crippen LogP contribution in [0, 0.1) is 5.92 Å². The molecular formula is C11H16ClNO. The number of aliphatic hydroxyl groups is 1. The zero-order valence-electron chi connectivity index (χ0n) is 8.28. The van der Waals surface area contributed by atoms with Crippen molar-refractivity contribution in [3.8, 4) is 0 Å². The zero-order valence-corrected chi connectivity index (χ0v) is 9.04. The Hall–Kier alpha value is -0.570. The normalized spacial score (nSPS) is 15.1. The summed E-state index contributed by atoms with van der Waals surface area (Å²) in [4.78, 5) is 0.